The molecule has 0 radical (unpaired) electrons. The van der Waals surface area contributed by atoms with Crippen LogP contribution < -0.4 is 5.32 Å². The van der Waals surface area contributed by atoms with Gasteiger partial charge in [0.2, 0.25) is 5.12 Å². The SMILES string of the molecule is O=C1CNC(Cc2ccccc2)S1. The molecule has 1 fully saturated rings. The van der Waals surface area contributed by atoms with Crippen LogP contribution in [0, 0.1) is 0 Å². The standard InChI is InChI=1S/C10H11NOS/c12-10-7-11-9(13-10)6-8-4-2-1-3-5-8/h1-5,9,11H,6-7H2. The minimum atomic E-state index is 0.251. The first kappa shape index (κ1) is 8.78. The Labute approximate surface area is 81.7 Å². The van der Waals surface area contributed by atoms with Crippen molar-refractivity contribution in [1.82, 2.24) is 5.32 Å². The summed E-state index contributed by atoms with van der Waals surface area (Å²) in [7, 11) is 0. The van der Waals surface area contributed by atoms with Gasteiger partial charge in [-0.15, -0.1) is 0 Å². The molecule has 1 aliphatic heterocycles. The second-order valence-electron chi connectivity index (χ2n) is 3.05. The molecular weight excluding hydrogens is 182 g/mol. The van der Waals surface area contributed by atoms with E-state index in [9.17, 15) is 4.79 Å². The van der Waals surface area contributed by atoms with Crippen LogP contribution in [-0.4, -0.2) is 17.0 Å². The van der Waals surface area contributed by atoms with Gasteiger partial charge in [-0.2, -0.15) is 0 Å². The Bertz CT molecular complexity index is 299. The lowest BCUT2D eigenvalue weighted by Crippen LogP contribution is -2.21. The zero-order valence-electron chi connectivity index (χ0n) is 7.19. The smallest absolute Gasteiger partial charge is 0.204 e. The van der Waals surface area contributed by atoms with Gasteiger partial charge in [-0.05, 0) is 12.0 Å². The molecule has 13 heavy (non-hydrogen) atoms. The van der Waals surface area contributed by atoms with Crippen molar-refractivity contribution in [2.75, 3.05) is 6.54 Å². The van der Waals surface area contributed by atoms with Gasteiger partial charge in [0.25, 0.3) is 0 Å². The molecule has 3 heteroatoms. The molecule has 1 saturated heterocycles. The molecule has 0 spiro atoms. The van der Waals surface area contributed by atoms with Gasteiger partial charge in [0.15, 0.2) is 0 Å². The van der Waals surface area contributed by atoms with Gasteiger partial charge < -0.3 is 0 Å². The summed E-state index contributed by atoms with van der Waals surface area (Å²) in [5.41, 5.74) is 1.28. The third-order valence-corrected chi connectivity index (χ3v) is 3.04. The van der Waals surface area contributed by atoms with Gasteiger partial charge in [-0.3, -0.25) is 10.1 Å². The second-order valence-corrected chi connectivity index (χ2v) is 4.31. The lowest BCUT2D eigenvalue weighted by molar-refractivity contribution is -0.109. The van der Waals surface area contributed by atoms with Crippen LogP contribution in [0.2, 0.25) is 0 Å². The van der Waals surface area contributed by atoms with Crippen LogP contribution in [0.4, 0.5) is 0 Å². The highest BCUT2D eigenvalue weighted by atomic mass is 32.2. The summed E-state index contributed by atoms with van der Waals surface area (Å²) in [6, 6.07) is 10.2. The van der Waals surface area contributed by atoms with Crippen molar-refractivity contribution in [3.63, 3.8) is 0 Å². The molecule has 1 N–H and O–H groups in total. The first-order valence-corrected chi connectivity index (χ1v) is 5.19. The summed E-state index contributed by atoms with van der Waals surface area (Å²) in [4.78, 5) is 10.9. The first-order valence-electron chi connectivity index (χ1n) is 4.31. The molecule has 1 aromatic carbocycles. The van der Waals surface area contributed by atoms with E-state index in [4.69, 9.17) is 0 Å². The van der Waals surface area contributed by atoms with E-state index in [1.807, 2.05) is 18.2 Å². The minimum absolute atomic E-state index is 0.251. The summed E-state index contributed by atoms with van der Waals surface area (Å²) < 4.78 is 0. The Morgan fingerprint density at radius 1 is 1.38 bits per heavy atom. The van der Waals surface area contributed by atoms with Crippen LogP contribution in [0.15, 0.2) is 30.3 Å². The Morgan fingerprint density at radius 2 is 2.15 bits per heavy atom. The molecule has 1 heterocycles. The van der Waals surface area contributed by atoms with E-state index in [-0.39, 0.29) is 10.5 Å². The highest BCUT2D eigenvalue weighted by Crippen LogP contribution is 2.19. The van der Waals surface area contributed by atoms with Crippen molar-refractivity contribution in [2.45, 2.75) is 11.8 Å². The molecule has 2 rings (SSSR count). The van der Waals surface area contributed by atoms with Gasteiger partial charge in [0.05, 0.1) is 11.9 Å². The minimum Gasteiger partial charge on any atom is -0.297 e. The fraction of sp³-hybridized carbons (Fsp3) is 0.300. The number of hydrogen-bond acceptors (Lipinski definition) is 3. The maximum atomic E-state index is 10.9. The van der Waals surface area contributed by atoms with Crippen LogP contribution in [0.1, 0.15) is 5.56 Å². The van der Waals surface area contributed by atoms with Crippen LogP contribution in [0.25, 0.3) is 0 Å². The molecular formula is C10H11NOS. The van der Waals surface area contributed by atoms with E-state index in [0.717, 1.165) is 6.42 Å². The van der Waals surface area contributed by atoms with Crippen LogP contribution in [0.3, 0.4) is 0 Å². The highest BCUT2D eigenvalue weighted by Gasteiger charge is 2.21. The maximum absolute atomic E-state index is 10.9. The average molecular weight is 193 g/mol. The average Bonchev–Trinajstić information content (AvgIpc) is 2.53. The number of rotatable bonds is 2. The Balaban J connectivity index is 1.96. The zero-order chi connectivity index (χ0) is 9.10. The summed E-state index contributed by atoms with van der Waals surface area (Å²) in [5, 5.41) is 3.69. The normalized spacial score (nSPS) is 22.2. The lowest BCUT2D eigenvalue weighted by Gasteiger charge is -2.07. The summed E-state index contributed by atoms with van der Waals surface area (Å²) >= 11 is 1.41. The fourth-order valence-corrected chi connectivity index (χ4v) is 2.31. The van der Waals surface area contributed by atoms with Crippen molar-refractivity contribution in [2.24, 2.45) is 0 Å². The maximum Gasteiger partial charge on any atom is 0.204 e. The number of hydrogen-bond donors (Lipinski definition) is 1. The Kier molecular flexibility index (Phi) is 2.66. The molecule has 1 atom stereocenters. The number of benzene rings is 1. The molecule has 0 bridgehead atoms. The number of carbonyl (C=O) groups excluding carboxylic acids is 1. The van der Waals surface area contributed by atoms with Gasteiger partial charge in [0, 0.05) is 0 Å². The van der Waals surface area contributed by atoms with E-state index in [1.165, 1.54) is 17.3 Å². The van der Waals surface area contributed by atoms with Crippen molar-refractivity contribution < 1.29 is 4.79 Å². The van der Waals surface area contributed by atoms with Crippen LogP contribution in [0.5, 0.6) is 0 Å². The zero-order valence-corrected chi connectivity index (χ0v) is 8.01. The molecule has 0 aliphatic carbocycles. The van der Waals surface area contributed by atoms with Crippen LogP contribution >= 0.6 is 11.8 Å². The monoisotopic (exact) mass is 193 g/mol. The highest BCUT2D eigenvalue weighted by molar-refractivity contribution is 8.14. The van der Waals surface area contributed by atoms with E-state index >= 15 is 0 Å². The second kappa shape index (κ2) is 3.94. The molecule has 68 valence electrons. The quantitative estimate of drug-likeness (QED) is 0.770. The van der Waals surface area contributed by atoms with Gasteiger partial charge in [-0.1, -0.05) is 42.1 Å². The third-order valence-electron chi connectivity index (χ3n) is 2.01. The first-order chi connectivity index (χ1) is 6.34. The van der Waals surface area contributed by atoms with Gasteiger partial charge >= 0.3 is 0 Å². The van der Waals surface area contributed by atoms with Gasteiger partial charge in [0.1, 0.15) is 0 Å². The molecule has 1 unspecified atom stereocenters. The van der Waals surface area contributed by atoms with Crippen LogP contribution in [-0.2, 0) is 11.2 Å². The van der Waals surface area contributed by atoms with Crippen molar-refractivity contribution in [1.29, 1.82) is 0 Å². The molecule has 2 nitrogen and oxygen atoms in total. The molecule has 1 aromatic rings. The lowest BCUT2D eigenvalue weighted by atomic mass is 10.1. The topological polar surface area (TPSA) is 29.1 Å². The Morgan fingerprint density at radius 3 is 2.77 bits per heavy atom. The van der Waals surface area contributed by atoms with E-state index < -0.39 is 0 Å². The van der Waals surface area contributed by atoms with Gasteiger partial charge in [-0.25, -0.2) is 0 Å². The number of nitrogens with one attached hydrogen (secondary N) is 1. The number of carbonyl (C=O) groups is 1. The van der Waals surface area contributed by atoms with Crippen molar-refractivity contribution in [3.8, 4) is 0 Å². The molecule has 1 aliphatic rings. The summed E-state index contributed by atoms with van der Waals surface area (Å²) in [6.07, 6.45) is 0.928. The largest absolute Gasteiger partial charge is 0.297 e. The third kappa shape index (κ3) is 2.32. The molecule has 0 saturated carbocycles. The molecule has 0 amide bonds. The van der Waals surface area contributed by atoms with E-state index in [0.29, 0.717) is 6.54 Å². The van der Waals surface area contributed by atoms with Crippen molar-refractivity contribution >= 4 is 16.9 Å². The fourth-order valence-electron chi connectivity index (χ4n) is 1.38. The van der Waals surface area contributed by atoms with E-state index in [1.54, 1.807) is 0 Å². The van der Waals surface area contributed by atoms with Crippen molar-refractivity contribution in [3.05, 3.63) is 35.9 Å². The number of thioether (sulfide) groups is 1. The predicted octanol–water partition coefficient (Wildman–Crippen LogP) is 1.42. The summed E-state index contributed by atoms with van der Waals surface area (Å²) in [5.74, 6) is 0. The van der Waals surface area contributed by atoms with E-state index in [2.05, 4.69) is 17.4 Å². The molecule has 0 aromatic heterocycles. The summed E-state index contributed by atoms with van der Waals surface area (Å²) in [6.45, 7) is 0.516. The predicted molar refractivity (Wildman–Crippen MR) is 54.5 cm³/mol. The Hall–Kier alpha value is -0.800.